The molecule has 0 spiro atoms. The number of carbonyl (C=O) groups excluding carboxylic acids is 2. The van der Waals surface area contributed by atoms with E-state index in [9.17, 15) is 22.8 Å². The van der Waals surface area contributed by atoms with Gasteiger partial charge in [-0.1, -0.05) is 18.2 Å². The van der Waals surface area contributed by atoms with Crippen LogP contribution in [0.3, 0.4) is 0 Å². The van der Waals surface area contributed by atoms with Crippen molar-refractivity contribution in [2.45, 2.75) is 12.3 Å². The molecule has 2 aromatic carbocycles. The van der Waals surface area contributed by atoms with Crippen LogP contribution in [0.4, 0.5) is 18.9 Å². The van der Waals surface area contributed by atoms with Gasteiger partial charge in [0.2, 0.25) is 5.91 Å². The van der Waals surface area contributed by atoms with Crippen molar-refractivity contribution in [1.82, 2.24) is 5.32 Å². The molecule has 1 aliphatic rings. The van der Waals surface area contributed by atoms with Gasteiger partial charge in [-0.3, -0.25) is 9.59 Å². The van der Waals surface area contributed by atoms with Gasteiger partial charge in [0.25, 0.3) is 5.91 Å². The first-order valence-corrected chi connectivity index (χ1v) is 7.30. The monoisotopic (exact) mass is 334 g/mol. The van der Waals surface area contributed by atoms with Gasteiger partial charge in [-0.25, -0.2) is 13.2 Å². The van der Waals surface area contributed by atoms with E-state index < -0.39 is 34.8 Å². The number of anilines is 1. The zero-order chi connectivity index (χ0) is 17.3. The second kappa shape index (κ2) is 6.35. The Morgan fingerprint density at radius 1 is 1.08 bits per heavy atom. The highest BCUT2D eigenvalue weighted by molar-refractivity contribution is 6.02. The number of para-hydroxylation sites is 1. The Balaban J connectivity index is 1.64. The number of nitrogens with one attached hydrogen (secondary N) is 2. The average molecular weight is 334 g/mol. The molecule has 1 aliphatic heterocycles. The van der Waals surface area contributed by atoms with E-state index in [1.807, 2.05) is 6.07 Å². The van der Waals surface area contributed by atoms with Crippen molar-refractivity contribution in [1.29, 1.82) is 0 Å². The summed E-state index contributed by atoms with van der Waals surface area (Å²) in [7, 11) is 0. The van der Waals surface area contributed by atoms with Crippen LogP contribution in [-0.4, -0.2) is 18.4 Å². The predicted molar refractivity (Wildman–Crippen MR) is 81.1 cm³/mol. The lowest BCUT2D eigenvalue weighted by Crippen LogP contribution is -2.28. The predicted octanol–water partition coefficient (Wildman–Crippen LogP) is 2.96. The largest absolute Gasteiger partial charge is 0.352 e. The van der Waals surface area contributed by atoms with Crippen LogP contribution in [0.15, 0.2) is 36.4 Å². The van der Waals surface area contributed by atoms with Gasteiger partial charge in [0.05, 0.1) is 11.5 Å². The van der Waals surface area contributed by atoms with E-state index in [0.717, 1.165) is 17.3 Å². The first-order valence-electron chi connectivity index (χ1n) is 7.30. The Labute approximate surface area is 135 Å². The highest BCUT2D eigenvalue weighted by Crippen LogP contribution is 2.33. The van der Waals surface area contributed by atoms with Crippen molar-refractivity contribution in [3.8, 4) is 0 Å². The van der Waals surface area contributed by atoms with E-state index in [1.54, 1.807) is 18.2 Å². The highest BCUT2D eigenvalue weighted by atomic mass is 19.2. The third-order valence-electron chi connectivity index (χ3n) is 3.91. The third kappa shape index (κ3) is 2.84. The number of benzene rings is 2. The fourth-order valence-corrected chi connectivity index (χ4v) is 2.69. The molecular formula is C17H13F3N2O2. The minimum absolute atomic E-state index is 0.0870. The molecule has 3 rings (SSSR count). The molecule has 0 aromatic heterocycles. The Morgan fingerprint density at radius 2 is 1.83 bits per heavy atom. The van der Waals surface area contributed by atoms with E-state index >= 15 is 0 Å². The molecule has 2 N–H and O–H groups in total. The minimum Gasteiger partial charge on any atom is -0.352 e. The summed E-state index contributed by atoms with van der Waals surface area (Å²) in [6.07, 6.45) is 0.305. The molecule has 24 heavy (non-hydrogen) atoms. The first kappa shape index (κ1) is 16.0. The van der Waals surface area contributed by atoms with Crippen LogP contribution in [-0.2, 0) is 4.79 Å². The van der Waals surface area contributed by atoms with Crippen LogP contribution in [0, 0.1) is 17.5 Å². The van der Waals surface area contributed by atoms with E-state index in [-0.39, 0.29) is 12.5 Å². The second-order valence-corrected chi connectivity index (χ2v) is 5.40. The van der Waals surface area contributed by atoms with Crippen LogP contribution in [0.1, 0.15) is 28.3 Å². The summed E-state index contributed by atoms with van der Waals surface area (Å²) >= 11 is 0. The smallest absolute Gasteiger partial charge is 0.254 e. The van der Waals surface area contributed by atoms with E-state index in [2.05, 4.69) is 10.6 Å². The van der Waals surface area contributed by atoms with Crippen LogP contribution < -0.4 is 10.6 Å². The van der Waals surface area contributed by atoms with Gasteiger partial charge in [-0.05, 0) is 30.2 Å². The summed E-state index contributed by atoms with van der Waals surface area (Å²) < 4.78 is 39.6. The lowest BCUT2D eigenvalue weighted by molar-refractivity contribution is -0.117. The van der Waals surface area contributed by atoms with Gasteiger partial charge in [-0.15, -0.1) is 0 Å². The Hall–Kier alpha value is -2.83. The summed E-state index contributed by atoms with van der Waals surface area (Å²) in [6.45, 7) is 0.0870. The number of hydrogen-bond donors (Lipinski definition) is 2. The third-order valence-corrected chi connectivity index (χ3v) is 3.91. The quantitative estimate of drug-likeness (QED) is 0.845. The molecule has 124 valence electrons. The molecule has 7 heteroatoms. The van der Waals surface area contributed by atoms with Crippen molar-refractivity contribution in [2.75, 3.05) is 11.9 Å². The van der Waals surface area contributed by atoms with Crippen LogP contribution in [0.5, 0.6) is 0 Å². The molecule has 0 bridgehead atoms. The van der Waals surface area contributed by atoms with Crippen molar-refractivity contribution in [3.05, 3.63) is 65.0 Å². The molecule has 2 aromatic rings. The molecular weight excluding hydrogens is 321 g/mol. The van der Waals surface area contributed by atoms with E-state index in [0.29, 0.717) is 12.5 Å². The Kier molecular flexibility index (Phi) is 4.24. The van der Waals surface area contributed by atoms with E-state index in [1.165, 1.54) is 0 Å². The van der Waals surface area contributed by atoms with Crippen molar-refractivity contribution in [3.63, 3.8) is 0 Å². The van der Waals surface area contributed by atoms with Crippen molar-refractivity contribution >= 4 is 17.5 Å². The van der Waals surface area contributed by atoms with Crippen LogP contribution in [0.2, 0.25) is 0 Å². The van der Waals surface area contributed by atoms with Gasteiger partial charge in [0.15, 0.2) is 17.5 Å². The summed E-state index contributed by atoms with van der Waals surface area (Å²) in [5, 5.41) is 5.15. The average Bonchev–Trinajstić information content (AvgIpc) is 2.88. The molecule has 0 radical (unpaired) electrons. The zero-order valence-corrected chi connectivity index (χ0v) is 12.4. The number of hydrogen-bond acceptors (Lipinski definition) is 2. The van der Waals surface area contributed by atoms with Gasteiger partial charge in [-0.2, -0.15) is 0 Å². The Bertz CT molecular complexity index is 823. The topological polar surface area (TPSA) is 58.2 Å². The van der Waals surface area contributed by atoms with Gasteiger partial charge in [0, 0.05) is 12.2 Å². The summed E-state index contributed by atoms with van der Waals surface area (Å²) in [6, 6.07) is 8.77. The normalized spacial score (nSPS) is 15.8. The molecule has 0 fully saturated rings. The Morgan fingerprint density at radius 3 is 2.62 bits per heavy atom. The second-order valence-electron chi connectivity index (χ2n) is 5.40. The minimum atomic E-state index is -1.69. The molecule has 1 unspecified atom stereocenters. The molecule has 4 nitrogen and oxygen atoms in total. The number of carbonyl (C=O) groups is 2. The van der Waals surface area contributed by atoms with Crippen molar-refractivity contribution in [2.24, 2.45) is 0 Å². The SMILES string of the molecule is O=C(NCCC1C(=O)Nc2ccccc21)c1ccc(F)c(F)c1F. The first-order chi connectivity index (χ1) is 11.5. The maximum atomic E-state index is 13.6. The number of rotatable bonds is 4. The number of fused-ring (bicyclic) bond motifs is 1. The molecule has 2 amide bonds. The number of halogens is 3. The van der Waals surface area contributed by atoms with Crippen LogP contribution >= 0.6 is 0 Å². The van der Waals surface area contributed by atoms with Gasteiger partial charge < -0.3 is 10.6 Å². The fraction of sp³-hybridized carbons (Fsp3) is 0.176. The lowest BCUT2D eigenvalue weighted by Gasteiger charge is -2.10. The lowest BCUT2D eigenvalue weighted by atomic mass is 9.97. The zero-order valence-electron chi connectivity index (χ0n) is 12.4. The highest BCUT2D eigenvalue weighted by Gasteiger charge is 2.29. The molecule has 1 atom stereocenters. The molecule has 0 aliphatic carbocycles. The summed E-state index contributed by atoms with van der Waals surface area (Å²) in [5.74, 6) is -6.04. The van der Waals surface area contributed by atoms with Gasteiger partial charge >= 0.3 is 0 Å². The van der Waals surface area contributed by atoms with Crippen molar-refractivity contribution < 1.29 is 22.8 Å². The maximum absolute atomic E-state index is 13.6. The van der Waals surface area contributed by atoms with E-state index in [4.69, 9.17) is 0 Å². The number of amides is 2. The molecule has 0 saturated heterocycles. The fourth-order valence-electron chi connectivity index (χ4n) is 2.69. The maximum Gasteiger partial charge on any atom is 0.254 e. The van der Waals surface area contributed by atoms with Gasteiger partial charge in [0.1, 0.15) is 0 Å². The standard InChI is InChI=1S/C17H13F3N2O2/c18-12-6-5-11(14(19)15(12)20)16(23)21-8-7-10-9-3-1-2-4-13(9)22-17(10)24/h1-6,10H,7-8H2,(H,21,23)(H,22,24). The molecule has 0 saturated carbocycles. The van der Waals surface area contributed by atoms with Crippen LogP contribution in [0.25, 0.3) is 0 Å². The summed E-state index contributed by atoms with van der Waals surface area (Å²) in [5.41, 5.74) is 0.978. The molecule has 1 heterocycles. The summed E-state index contributed by atoms with van der Waals surface area (Å²) in [4.78, 5) is 23.8.